The molecule has 0 aliphatic carbocycles. The van der Waals surface area contributed by atoms with Crippen LogP contribution in [0.3, 0.4) is 0 Å². The first kappa shape index (κ1) is 20.0. The molecule has 3 aromatic rings. The summed E-state index contributed by atoms with van der Waals surface area (Å²) in [5.74, 6) is 0.750. The molecular weight excluding hydrogens is 376 g/mol. The van der Waals surface area contributed by atoms with Gasteiger partial charge in [0.05, 0.1) is 18.5 Å². The van der Waals surface area contributed by atoms with Crippen LogP contribution in [0.15, 0.2) is 48.5 Å². The molecule has 0 saturated carbocycles. The van der Waals surface area contributed by atoms with Gasteiger partial charge in [-0.3, -0.25) is 4.79 Å². The molecule has 0 bridgehead atoms. The van der Waals surface area contributed by atoms with Gasteiger partial charge in [0.1, 0.15) is 11.4 Å². The molecule has 1 saturated heterocycles. The first-order valence-corrected chi connectivity index (χ1v) is 10.3. The Bertz CT molecular complexity index is 1060. The van der Waals surface area contributed by atoms with Gasteiger partial charge in [-0.15, -0.1) is 0 Å². The van der Waals surface area contributed by atoms with Crippen LogP contribution in [0.25, 0.3) is 5.69 Å². The quantitative estimate of drug-likeness (QED) is 0.664. The summed E-state index contributed by atoms with van der Waals surface area (Å²) in [6.07, 6.45) is 0. The molecule has 0 unspecified atom stereocenters. The SMILES string of the molecule is COc1cccc(-n2nc(C)cc2C(=O)N2CCN(c3ccc(C)cc3C)CC2)c1. The molecule has 1 aromatic heterocycles. The first-order valence-electron chi connectivity index (χ1n) is 10.3. The summed E-state index contributed by atoms with van der Waals surface area (Å²) < 4.78 is 7.05. The number of carbonyl (C=O) groups is 1. The lowest BCUT2D eigenvalue weighted by molar-refractivity contribution is 0.0737. The molecule has 0 radical (unpaired) electrons. The number of hydrogen-bond donors (Lipinski definition) is 0. The van der Waals surface area contributed by atoms with Gasteiger partial charge >= 0.3 is 0 Å². The largest absolute Gasteiger partial charge is 0.497 e. The van der Waals surface area contributed by atoms with Crippen LogP contribution in [0.1, 0.15) is 27.3 Å². The fraction of sp³-hybridized carbons (Fsp3) is 0.333. The van der Waals surface area contributed by atoms with Crippen molar-refractivity contribution in [2.45, 2.75) is 20.8 Å². The Balaban J connectivity index is 1.52. The summed E-state index contributed by atoms with van der Waals surface area (Å²) in [5, 5.41) is 4.56. The summed E-state index contributed by atoms with van der Waals surface area (Å²) in [6.45, 7) is 9.19. The van der Waals surface area contributed by atoms with Crippen LogP contribution in [-0.2, 0) is 0 Å². The van der Waals surface area contributed by atoms with Crippen LogP contribution in [0.5, 0.6) is 5.75 Å². The van der Waals surface area contributed by atoms with E-state index in [1.54, 1.807) is 11.8 Å². The number of nitrogens with zero attached hydrogens (tertiary/aromatic N) is 4. The van der Waals surface area contributed by atoms with Gasteiger partial charge in [0.15, 0.2) is 0 Å². The molecule has 1 fully saturated rings. The summed E-state index contributed by atoms with van der Waals surface area (Å²) in [7, 11) is 1.63. The second-order valence-electron chi connectivity index (χ2n) is 7.85. The number of piperazine rings is 1. The summed E-state index contributed by atoms with van der Waals surface area (Å²) in [5.41, 5.74) is 6.02. The summed E-state index contributed by atoms with van der Waals surface area (Å²) in [6, 6.07) is 16.0. The van der Waals surface area contributed by atoms with Crippen molar-refractivity contribution in [2.75, 3.05) is 38.2 Å². The van der Waals surface area contributed by atoms with Crippen molar-refractivity contribution in [1.29, 1.82) is 0 Å². The smallest absolute Gasteiger partial charge is 0.272 e. The van der Waals surface area contributed by atoms with Gasteiger partial charge in [-0.1, -0.05) is 23.8 Å². The highest BCUT2D eigenvalue weighted by molar-refractivity contribution is 5.93. The van der Waals surface area contributed by atoms with Gasteiger partial charge in [0.2, 0.25) is 0 Å². The van der Waals surface area contributed by atoms with Gasteiger partial charge in [0, 0.05) is 37.9 Å². The number of anilines is 1. The highest BCUT2D eigenvalue weighted by atomic mass is 16.5. The molecule has 2 aromatic carbocycles. The Kier molecular flexibility index (Phi) is 5.48. The predicted molar refractivity (Wildman–Crippen MR) is 119 cm³/mol. The van der Waals surface area contributed by atoms with Crippen LogP contribution in [0.2, 0.25) is 0 Å². The Hall–Kier alpha value is -3.28. The fourth-order valence-corrected chi connectivity index (χ4v) is 4.06. The number of methoxy groups -OCH3 is 1. The maximum Gasteiger partial charge on any atom is 0.272 e. The maximum absolute atomic E-state index is 13.3. The Morgan fingerprint density at radius 1 is 0.967 bits per heavy atom. The van der Waals surface area contributed by atoms with Crippen molar-refractivity contribution in [3.8, 4) is 11.4 Å². The molecule has 1 aliphatic heterocycles. The summed E-state index contributed by atoms with van der Waals surface area (Å²) >= 11 is 0. The van der Waals surface area contributed by atoms with Crippen LogP contribution in [0.4, 0.5) is 5.69 Å². The topological polar surface area (TPSA) is 50.6 Å². The first-order chi connectivity index (χ1) is 14.5. The van der Waals surface area contributed by atoms with Gasteiger partial charge in [-0.05, 0) is 50.6 Å². The fourth-order valence-electron chi connectivity index (χ4n) is 4.06. The van der Waals surface area contributed by atoms with Crippen LogP contribution < -0.4 is 9.64 Å². The molecule has 2 heterocycles. The van der Waals surface area contributed by atoms with Crippen molar-refractivity contribution >= 4 is 11.6 Å². The highest BCUT2D eigenvalue weighted by Gasteiger charge is 2.26. The molecule has 30 heavy (non-hydrogen) atoms. The number of carbonyl (C=O) groups excluding carboxylic acids is 1. The second-order valence-corrected chi connectivity index (χ2v) is 7.85. The minimum absolute atomic E-state index is 0.0127. The lowest BCUT2D eigenvalue weighted by Crippen LogP contribution is -2.49. The minimum Gasteiger partial charge on any atom is -0.497 e. The molecule has 0 N–H and O–H groups in total. The molecule has 156 valence electrons. The van der Waals surface area contributed by atoms with Crippen molar-refractivity contribution in [2.24, 2.45) is 0 Å². The Morgan fingerprint density at radius 2 is 1.73 bits per heavy atom. The number of amides is 1. The van der Waals surface area contributed by atoms with Crippen LogP contribution in [-0.4, -0.2) is 53.9 Å². The molecule has 1 aliphatic rings. The van der Waals surface area contributed by atoms with E-state index in [0.29, 0.717) is 18.8 Å². The maximum atomic E-state index is 13.3. The highest BCUT2D eigenvalue weighted by Crippen LogP contribution is 2.24. The molecular formula is C24H28N4O2. The number of aryl methyl sites for hydroxylation is 3. The van der Waals surface area contributed by atoms with Gasteiger partial charge < -0.3 is 14.5 Å². The predicted octanol–water partition coefficient (Wildman–Crippen LogP) is 3.77. The summed E-state index contributed by atoms with van der Waals surface area (Å²) in [4.78, 5) is 17.6. The molecule has 1 amide bonds. The lowest BCUT2D eigenvalue weighted by Gasteiger charge is -2.36. The number of benzene rings is 2. The Labute approximate surface area is 177 Å². The van der Waals surface area contributed by atoms with E-state index in [-0.39, 0.29) is 5.91 Å². The molecule has 0 atom stereocenters. The van der Waals surface area contributed by atoms with Gasteiger partial charge in [0.25, 0.3) is 5.91 Å². The number of ether oxygens (including phenoxy) is 1. The van der Waals surface area contributed by atoms with E-state index in [1.165, 1.54) is 16.8 Å². The zero-order valence-electron chi connectivity index (χ0n) is 18.1. The molecule has 0 spiro atoms. The minimum atomic E-state index is 0.0127. The Morgan fingerprint density at radius 3 is 2.43 bits per heavy atom. The van der Waals surface area contributed by atoms with E-state index in [2.05, 4.69) is 42.0 Å². The monoisotopic (exact) mass is 404 g/mol. The third kappa shape index (κ3) is 3.90. The van der Waals surface area contributed by atoms with Crippen molar-refractivity contribution < 1.29 is 9.53 Å². The zero-order chi connectivity index (χ0) is 21.3. The standard InChI is InChI=1S/C24H28N4O2/c1-17-8-9-22(18(2)14-17)26-10-12-27(13-11-26)24(29)23-15-19(3)25-28(23)20-6-5-7-21(16-20)30-4/h5-9,14-16H,10-13H2,1-4H3. The number of rotatable bonds is 4. The van der Waals surface area contributed by atoms with Gasteiger partial charge in [-0.25, -0.2) is 4.68 Å². The second kappa shape index (κ2) is 8.22. The van der Waals surface area contributed by atoms with E-state index < -0.39 is 0 Å². The zero-order valence-corrected chi connectivity index (χ0v) is 18.1. The van der Waals surface area contributed by atoms with E-state index in [1.807, 2.05) is 42.2 Å². The van der Waals surface area contributed by atoms with Crippen molar-refractivity contribution in [1.82, 2.24) is 14.7 Å². The molecule has 6 nitrogen and oxygen atoms in total. The van der Waals surface area contributed by atoms with E-state index >= 15 is 0 Å². The average molecular weight is 405 g/mol. The number of hydrogen-bond acceptors (Lipinski definition) is 4. The van der Waals surface area contributed by atoms with E-state index in [4.69, 9.17) is 4.74 Å². The van der Waals surface area contributed by atoms with Gasteiger partial charge in [-0.2, -0.15) is 5.10 Å². The lowest BCUT2D eigenvalue weighted by atomic mass is 10.1. The third-order valence-corrected chi connectivity index (χ3v) is 5.61. The third-order valence-electron chi connectivity index (χ3n) is 5.61. The van der Waals surface area contributed by atoms with Crippen molar-refractivity contribution in [3.63, 3.8) is 0 Å². The normalized spacial score (nSPS) is 14.1. The molecule has 4 rings (SSSR count). The van der Waals surface area contributed by atoms with Crippen LogP contribution in [0, 0.1) is 20.8 Å². The van der Waals surface area contributed by atoms with Crippen molar-refractivity contribution in [3.05, 3.63) is 71.0 Å². The molecule has 6 heteroatoms. The van der Waals surface area contributed by atoms with E-state index in [0.717, 1.165) is 30.2 Å². The van der Waals surface area contributed by atoms with Crippen LogP contribution >= 0.6 is 0 Å². The average Bonchev–Trinajstić information content (AvgIpc) is 3.15. The number of aromatic nitrogens is 2. The van der Waals surface area contributed by atoms with E-state index in [9.17, 15) is 4.79 Å².